The van der Waals surface area contributed by atoms with E-state index in [4.69, 9.17) is 0 Å². The molecule has 0 aromatic heterocycles. The quantitative estimate of drug-likeness (QED) is 0.405. The molecule has 4 heavy (non-hydrogen) atoms. The first kappa shape index (κ1) is 28.6. The largest absolute Gasteiger partial charge is 0 e. The molecule has 0 spiro atoms. The fourth-order valence-electron chi connectivity index (χ4n) is 0. The Morgan fingerprint density at radius 1 is 1.00 bits per heavy atom. The molecule has 0 aliphatic rings. The number of rotatable bonds is 0. The Morgan fingerprint density at radius 3 is 1.00 bits per heavy atom. The molecule has 0 aliphatic heterocycles. The Morgan fingerprint density at radius 2 is 1.00 bits per heavy atom. The SMILES string of the molecule is [AlH3].[Hf].[InH3].[Zn]. The summed E-state index contributed by atoms with van der Waals surface area (Å²) in [4.78, 5) is 0. The minimum Gasteiger partial charge on any atom is 0 e. The van der Waals surface area contributed by atoms with E-state index < -0.39 is 0 Å². The van der Waals surface area contributed by atoms with E-state index in [1.165, 1.54) is 0 Å². The van der Waals surface area contributed by atoms with Crippen molar-refractivity contribution in [1.29, 1.82) is 0 Å². The fourth-order valence-corrected chi connectivity index (χ4v) is 0. The summed E-state index contributed by atoms with van der Waals surface area (Å²) in [6.45, 7) is 0. The van der Waals surface area contributed by atoms with E-state index >= 15 is 0 Å². The summed E-state index contributed by atoms with van der Waals surface area (Å²) in [7, 11) is 0. The third-order valence-electron chi connectivity index (χ3n) is 0. The molecule has 0 saturated heterocycles. The molecular weight excluding hydrogens is 386 g/mol. The fraction of sp³-hybridized carbons (Fsp3) is 0. The molecule has 0 atom stereocenters. The van der Waals surface area contributed by atoms with Crippen LogP contribution < -0.4 is 0 Å². The second kappa shape index (κ2) is 16.9. The summed E-state index contributed by atoms with van der Waals surface area (Å²) in [5.41, 5.74) is 0. The maximum atomic E-state index is 0. The van der Waals surface area contributed by atoms with Crippen molar-refractivity contribution >= 4 is 43.2 Å². The molecule has 0 bridgehead atoms. The van der Waals surface area contributed by atoms with E-state index in [2.05, 4.69) is 0 Å². The topological polar surface area (TPSA) is 0 Å². The minimum absolute atomic E-state index is 0. The van der Waals surface area contributed by atoms with Crippen molar-refractivity contribution in [3.05, 3.63) is 0 Å². The van der Waals surface area contributed by atoms with E-state index in [9.17, 15) is 0 Å². The van der Waals surface area contributed by atoms with Gasteiger partial charge in [0.05, 0.1) is 0 Å². The van der Waals surface area contributed by atoms with Crippen LogP contribution in [0, 0.1) is 0 Å². The van der Waals surface area contributed by atoms with E-state index in [-0.39, 0.29) is 88.5 Å². The summed E-state index contributed by atoms with van der Waals surface area (Å²) in [6, 6.07) is 0. The van der Waals surface area contributed by atoms with Gasteiger partial charge in [-0.15, -0.1) is 0 Å². The monoisotopic (exact) mass is 392 g/mol. The Kier molecular flexibility index (Phi) is 120. The maximum Gasteiger partial charge on any atom is 0 e. The first-order valence-electron chi connectivity index (χ1n) is 0. The van der Waals surface area contributed by atoms with Gasteiger partial charge in [0.25, 0.3) is 0 Å². The Labute approximate surface area is 86.9 Å². The molecule has 0 N–H and O–H groups in total. The van der Waals surface area contributed by atoms with Crippen LogP contribution >= 0.6 is 0 Å². The van der Waals surface area contributed by atoms with Crippen LogP contribution in [-0.2, 0) is 45.3 Å². The molecule has 0 fully saturated rings. The van der Waals surface area contributed by atoms with Gasteiger partial charge < -0.3 is 0 Å². The molecule has 0 heterocycles. The zero-order valence-electron chi connectivity index (χ0n) is 1.21. The van der Waals surface area contributed by atoms with Gasteiger partial charge in [-0.2, -0.15) is 0 Å². The van der Waals surface area contributed by atoms with Crippen LogP contribution in [0.3, 0.4) is 0 Å². The van der Waals surface area contributed by atoms with Crippen LogP contribution in [0.4, 0.5) is 0 Å². The molecule has 0 aromatic rings. The van der Waals surface area contributed by atoms with Crippen LogP contribution in [0.2, 0.25) is 0 Å². The average molecular weight is 392 g/mol. The summed E-state index contributed by atoms with van der Waals surface area (Å²) in [5, 5.41) is 0. The van der Waals surface area contributed by atoms with Crippen molar-refractivity contribution in [1.82, 2.24) is 0 Å². The molecular formula is H6AlHfInZn. The molecule has 4 heteroatoms. The molecule has 0 radical (unpaired) electrons. The molecule has 0 nitrogen and oxygen atoms in total. The average Bonchev–Trinajstić information content (AvgIpc) is 0. The molecule has 0 amide bonds. The number of hydrogen-bond acceptors (Lipinski definition) is 0. The Balaban J connectivity index is 0. The van der Waals surface area contributed by atoms with E-state index in [1.54, 1.807) is 0 Å². The molecule has 0 aliphatic carbocycles. The van der Waals surface area contributed by atoms with Crippen molar-refractivity contribution in [2.75, 3.05) is 0 Å². The van der Waals surface area contributed by atoms with Gasteiger partial charge >= 0.3 is 25.8 Å². The van der Waals surface area contributed by atoms with Gasteiger partial charge in [0, 0.05) is 45.3 Å². The Bertz CT molecular complexity index is 8.00. The predicted octanol–water partition coefficient (Wildman–Crippen LogP) is -2.37. The summed E-state index contributed by atoms with van der Waals surface area (Å²) in [6.07, 6.45) is 0. The molecule has 0 aromatic carbocycles. The van der Waals surface area contributed by atoms with E-state index in [0.29, 0.717) is 0 Å². The van der Waals surface area contributed by atoms with Gasteiger partial charge in [-0.05, 0) is 0 Å². The van der Waals surface area contributed by atoms with Crippen LogP contribution in [0.1, 0.15) is 0 Å². The van der Waals surface area contributed by atoms with Crippen LogP contribution in [0.15, 0.2) is 0 Å². The van der Waals surface area contributed by atoms with Crippen molar-refractivity contribution < 1.29 is 45.3 Å². The van der Waals surface area contributed by atoms with Gasteiger partial charge in [-0.1, -0.05) is 0 Å². The van der Waals surface area contributed by atoms with Gasteiger partial charge in [0.1, 0.15) is 0 Å². The van der Waals surface area contributed by atoms with Gasteiger partial charge in [0.15, 0.2) is 17.4 Å². The summed E-state index contributed by atoms with van der Waals surface area (Å²) >= 11 is 0. The van der Waals surface area contributed by atoms with Crippen LogP contribution in [0.5, 0.6) is 0 Å². The zero-order valence-corrected chi connectivity index (χ0v) is 7.77. The second-order valence-electron chi connectivity index (χ2n) is 0. The van der Waals surface area contributed by atoms with Gasteiger partial charge in [-0.25, -0.2) is 0 Å². The third kappa shape index (κ3) is 8.86. The van der Waals surface area contributed by atoms with Crippen LogP contribution in [0.25, 0.3) is 0 Å². The van der Waals surface area contributed by atoms with Crippen molar-refractivity contribution in [3.63, 3.8) is 0 Å². The molecule has 0 saturated carbocycles. The first-order chi connectivity index (χ1) is 0. The summed E-state index contributed by atoms with van der Waals surface area (Å²) in [5.74, 6) is 0. The second-order valence-corrected chi connectivity index (χ2v) is 0. The number of hydrogen-bond donors (Lipinski definition) is 0. The maximum absolute atomic E-state index is 0. The molecule has 18 valence electrons. The molecule has 0 unspecified atom stereocenters. The van der Waals surface area contributed by atoms with E-state index in [0.717, 1.165) is 0 Å². The van der Waals surface area contributed by atoms with Crippen molar-refractivity contribution in [2.24, 2.45) is 0 Å². The smallest absolute Gasteiger partial charge is 0 e. The summed E-state index contributed by atoms with van der Waals surface area (Å²) < 4.78 is 0. The standard InChI is InChI=1S/Al.Hf.In.Zn.6H. The third-order valence-corrected chi connectivity index (χ3v) is 0. The van der Waals surface area contributed by atoms with Crippen molar-refractivity contribution in [3.8, 4) is 0 Å². The predicted molar refractivity (Wildman–Crippen MR) is 19.9 cm³/mol. The first-order valence-corrected chi connectivity index (χ1v) is 0. The van der Waals surface area contributed by atoms with Gasteiger partial charge in [-0.3, -0.25) is 0 Å². The van der Waals surface area contributed by atoms with Crippen molar-refractivity contribution in [2.45, 2.75) is 0 Å². The molecule has 0 rings (SSSR count). The minimum atomic E-state index is 0. The Hall–Kier alpha value is 2.90. The van der Waals surface area contributed by atoms with Gasteiger partial charge in [0.2, 0.25) is 0 Å². The van der Waals surface area contributed by atoms with E-state index in [1.807, 2.05) is 0 Å². The zero-order chi connectivity index (χ0) is 0. The normalized spacial score (nSPS) is 0. The van der Waals surface area contributed by atoms with Crippen LogP contribution in [-0.4, -0.2) is 43.2 Å².